The van der Waals surface area contributed by atoms with Crippen LogP contribution in [-0.4, -0.2) is 42.6 Å². The van der Waals surface area contributed by atoms with E-state index in [-0.39, 0.29) is 17.4 Å². The van der Waals surface area contributed by atoms with Gasteiger partial charge in [0, 0.05) is 68.6 Å². The van der Waals surface area contributed by atoms with Gasteiger partial charge in [0.1, 0.15) is 0 Å². The fourth-order valence-corrected chi connectivity index (χ4v) is 5.99. The molecular formula is C26H33N3O2. The van der Waals surface area contributed by atoms with Crippen molar-refractivity contribution < 1.29 is 4.79 Å². The normalized spacial score (nSPS) is 23.4. The molecule has 5 nitrogen and oxygen atoms in total. The van der Waals surface area contributed by atoms with E-state index in [1.54, 1.807) is 6.07 Å². The fourth-order valence-electron chi connectivity index (χ4n) is 5.99. The summed E-state index contributed by atoms with van der Waals surface area (Å²) >= 11 is 0. The lowest BCUT2D eigenvalue weighted by molar-refractivity contribution is -0.139. The number of benzene rings is 1. The van der Waals surface area contributed by atoms with Gasteiger partial charge in [-0.05, 0) is 48.9 Å². The smallest absolute Gasteiger partial charge is 0.250 e. The van der Waals surface area contributed by atoms with Gasteiger partial charge in [-0.15, -0.1) is 0 Å². The quantitative estimate of drug-likeness (QED) is 0.752. The average Bonchev–Trinajstić information content (AvgIpc) is 2.80. The van der Waals surface area contributed by atoms with Crippen molar-refractivity contribution >= 4 is 11.6 Å². The molecule has 2 fully saturated rings. The molecule has 0 radical (unpaired) electrons. The highest BCUT2D eigenvalue weighted by molar-refractivity contribution is 5.79. The lowest BCUT2D eigenvalue weighted by Crippen LogP contribution is -2.51. The molecule has 2 aliphatic heterocycles. The van der Waals surface area contributed by atoms with E-state index in [9.17, 15) is 9.59 Å². The van der Waals surface area contributed by atoms with Gasteiger partial charge in [-0.25, -0.2) is 0 Å². The van der Waals surface area contributed by atoms with Gasteiger partial charge in [-0.1, -0.05) is 31.4 Å². The Hall–Kier alpha value is -2.56. The van der Waals surface area contributed by atoms with E-state index < -0.39 is 0 Å². The summed E-state index contributed by atoms with van der Waals surface area (Å²) in [5, 5.41) is 0. The second-order valence-corrected chi connectivity index (χ2v) is 9.90. The number of fused-ring (bicyclic) bond motifs is 4. The Balaban J connectivity index is 1.48. The van der Waals surface area contributed by atoms with Crippen molar-refractivity contribution in [2.75, 3.05) is 32.1 Å². The number of likely N-dealkylation sites (tertiary alicyclic amines) is 1. The third-order valence-corrected chi connectivity index (χ3v) is 7.55. The maximum absolute atomic E-state index is 13.3. The van der Waals surface area contributed by atoms with E-state index >= 15 is 0 Å². The Kier molecular flexibility index (Phi) is 5.37. The highest BCUT2D eigenvalue weighted by Gasteiger charge is 2.39. The molecular weight excluding hydrogens is 386 g/mol. The number of amides is 1. The van der Waals surface area contributed by atoms with Gasteiger partial charge in [-0.3, -0.25) is 9.59 Å². The molecule has 0 spiro atoms. The van der Waals surface area contributed by atoms with E-state index in [4.69, 9.17) is 0 Å². The van der Waals surface area contributed by atoms with Crippen LogP contribution in [0.15, 0.2) is 41.2 Å². The van der Waals surface area contributed by atoms with Crippen molar-refractivity contribution in [1.82, 2.24) is 9.47 Å². The van der Waals surface area contributed by atoms with Crippen molar-refractivity contribution in [2.24, 2.45) is 11.8 Å². The summed E-state index contributed by atoms with van der Waals surface area (Å²) in [6, 6.07) is 12.3. The molecule has 5 heteroatoms. The molecule has 1 aromatic carbocycles. The van der Waals surface area contributed by atoms with Crippen LogP contribution in [0.4, 0.5) is 5.69 Å². The number of hydrogen-bond donors (Lipinski definition) is 0. The molecule has 1 aliphatic carbocycles. The van der Waals surface area contributed by atoms with Crippen LogP contribution in [0, 0.1) is 11.8 Å². The Morgan fingerprint density at radius 3 is 2.39 bits per heavy atom. The summed E-state index contributed by atoms with van der Waals surface area (Å²) in [6.45, 7) is 2.28. The highest BCUT2D eigenvalue weighted by Crippen LogP contribution is 2.41. The number of hydrogen-bond acceptors (Lipinski definition) is 3. The molecule has 1 saturated carbocycles. The molecule has 2 atom stereocenters. The number of pyridine rings is 1. The number of nitrogens with zero attached hydrogens (tertiary/aromatic N) is 3. The second-order valence-electron chi connectivity index (χ2n) is 9.90. The van der Waals surface area contributed by atoms with Gasteiger partial charge in [-0.2, -0.15) is 0 Å². The predicted molar refractivity (Wildman–Crippen MR) is 124 cm³/mol. The summed E-state index contributed by atoms with van der Waals surface area (Å²) in [4.78, 5) is 30.3. The molecule has 3 heterocycles. The highest BCUT2D eigenvalue weighted by atomic mass is 16.2. The minimum atomic E-state index is 0.0884. The molecule has 1 aromatic heterocycles. The maximum Gasteiger partial charge on any atom is 0.250 e. The molecule has 5 rings (SSSR count). The average molecular weight is 420 g/mol. The zero-order valence-corrected chi connectivity index (χ0v) is 18.7. The molecule has 31 heavy (non-hydrogen) atoms. The lowest BCUT2D eigenvalue weighted by Gasteiger charge is -2.44. The van der Waals surface area contributed by atoms with Crippen LogP contribution in [0.1, 0.15) is 50.1 Å². The minimum absolute atomic E-state index is 0.0884. The number of aromatic nitrogens is 1. The van der Waals surface area contributed by atoms with Crippen molar-refractivity contribution in [2.45, 2.75) is 51.0 Å². The van der Waals surface area contributed by atoms with Crippen molar-refractivity contribution in [3.63, 3.8) is 0 Å². The van der Waals surface area contributed by atoms with E-state index in [0.29, 0.717) is 11.8 Å². The third-order valence-electron chi connectivity index (χ3n) is 7.55. The van der Waals surface area contributed by atoms with Gasteiger partial charge in [0.2, 0.25) is 5.91 Å². The van der Waals surface area contributed by atoms with Crippen LogP contribution in [0.3, 0.4) is 0 Å². The first kappa shape index (κ1) is 20.3. The standard InChI is InChI=1S/C26H33N3O2/c1-27(2)22-10-8-19(9-11-22)23-12-13-24(30)29-16-18-14-21(25(23)29)17-28(15-18)26(31)20-6-4-3-5-7-20/h8-13,18,20-21H,3-7,14-17H2,1-2H3/t18-,21+/m0/s1. The molecule has 164 valence electrons. The summed E-state index contributed by atoms with van der Waals surface area (Å²) in [5.74, 6) is 1.18. The molecule has 2 bridgehead atoms. The molecule has 2 aromatic rings. The van der Waals surface area contributed by atoms with E-state index in [2.05, 4.69) is 34.1 Å². The first-order chi connectivity index (χ1) is 15.0. The van der Waals surface area contributed by atoms with E-state index in [0.717, 1.165) is 61.4 Å². The Labute approximate surface area is 184 Å². The maximum atomic E-state index is 13.3. The summed E-state index contributed by atoms with van der Waals surface area (Å²) in [5.41, 5.74) is 4.66. The molecule has 3 aliphatic rings. The van der Waals surface area contributed by atoms with Gasteiger partial charge >= 0.3 is 0 Å². The number of carbonyl (C=O) groups excluding carboxylic acids is 1. The summed E-state index contributed by atoms with van der Waals surface area (Å²) in [6.07, 6.45) is 6.79. The Morgan fingerprint density at radius 2 is 1.68 bits per heavy atom. The number of carbonyl (C=O) groups is 1. The number of anilines is 1. The van der Waals surface area contributed by atoms with Gasteiger partial charge in [0.05, 0.1) is 0 Å². The number of piperidine rings is 1. The Bertz CT molecular complexity index is 1020. The first-order valence-electron chi connectivity index (χ1n) is 11.8. The summed E-state index contributed by atoms with van der Waals surface area (Å²) < 4.78 is 2.00. The van der Waals surface area contributed by atoms with Crippen LogP contribution < -0.4 is 10.5 Å². The van der Waals surface area contributed by atoms with Crippen LogP contribution in [0.2, 0.25) is 0 Å². The first-order valence-corrected chi connectivity index (χ1v) is 11.8. The third kappa shape index (κ3) is 3.79. The van der Waals surface area contributed by atoms with Crippen molar-refractivity contribution in [3.8, 4) is 11.1 Å². The lowest BCUT2D eigenvalue weighted by atomic mass is 9.79. The largest absolute Gasteiger partial charge is 0.378 e. The molecule has 1 saturated heterocycles. The van der Waals surface area contributed by atoms with Crippen molar-refractivity contribution in [1.29, 1.82) is 0 Å². The molecule has 1 amide bonds. The van der Waals surface area contributed by atoms with E-state index in [1.807, 2.05) is 24.7 Å². The molecule has 0 unspecified atom stereocenters. The van der Waals surface area contributed by atoms with Crippen molar-refractivity contribution in [3.05, 3.63) is 52.4 Å². The zero-order valence-electron chi connectivity index (χ0n) is 18.7. The minimum Gasteiger partial charge on any atom is -0.378 e. The predicted octanol–water partition coefficient (Wildman–Crippen LogP) is 4.11. The van der Waals surface area contributed by atoms with Crippen LogP contribution in [0.5, 0.6) is 0 Å². The Morgan fingerprint density at radius 1 is 0.935 bits per heavy atom. The second kappa shape index (κ2) is 8.18. The topological polar surface area (TPSA) is 45.6 Å². The summed E-state index contributed by atoms with van der Waals surface area (Å²) in [7, 11) is 4.08. The van der Waals surface area contributed by atoms with Gasteiger partial charge in [0.15, 0.2) is 0 Å². The fraction of sp³-hybridized carbons (Fsp3) is 0.538. The van der Waals surface area contributed by atoms with Gasteiger partial charge < -0.3 is 14.4 Å². The monoisotopic (exact) mass is 419 g/mol. The van der Waals surface area contributed by atoms with Gasteiger partial charge in [0.25, 0.3) is 5.56 Å². The van der Waals surface area contributed by atoms with Crippen LogP contribution in [0.25, 0.3) is 11.1 Å². The van der Waals surface area contributed by atoms with Crippen LogP contribution in [-0.2, 0) is 11.3 Å². The molecule has 0 N–H and O–H groups in total. The van der Waals surface area contributed by atoms with E-state index in [1.165, 1.54) is 19.3 Å². The zero-order chi connectivity index (χ0) is 21.5. The SMILES string of the molecule is CN(C)c1ccc(-c2ccc(=O)n3c2[C@@H]2C[C@@H](CN(C(=O)C4CCCCC4)C2)C3)cc1. The number of rotatable bonds is 3. The van der Waals surface area contributed by atoms with Crippen LogP contribution >= 0.6 is 0 Å².